The molecule has 1 saturated heterocycles. The molecule has 2 aliphatic heterocycles. The van der Waals surface area contributed by atoms with E-state index in [1.54, 1.807) is 6.20 Å². The molecule has 1 aromatic heterocycles. The van der Waals surface area contributed by atoms with Crippen molar-refractivity contribution in [2.75, 3.05) is 11.4 Å². The Morgan fingerprint density at radius 1 is 1.11 bits per heavy atom. The summed E-state index contributed by atoms with van der Waals surface area (Å²) in [4.78, 5) is 18.9. The fourth-order valence-electron chi connectivity index (χ4n) is 4.55. The number of carbonyl (C=O) groups is 1. The number of anilines is 1. The van der Waals surface area contributed by atoms with Crippen LogP contribution in [-0.2, 0) is 10.2 Å². The van der Waals surface area contributed by atoms with Crippen LogP contribution in [0.5, 0.6) is 0 Å². The van der Waals surface area contributed by atoms with Crippen LogP contribution in [0.1, 0.15) is 25.0 Å². The summed E-state index contributed by atoms with van der Waals surface area (Å²) in [7, 11) is 0. The highest BCUT2D eigenvalue weighted by Gasteiger charge is 2.59. The lowest BCUT2D eigenvalue weighted by molar-refractivity contribution is -0.118. The number of hydrogen-bond donors (Lipinski definition) is 1. The largest absolute Gasteiger partial charge is 0.335 e. The van der Waals surface area contributed by atoms with Crippen LogP contribution < -0.4 is 10.2 Å². The molecule has 0 radical (unpaired) electrons. The van der Waals surface area contributed by atoms with Crippen molar-refractivity contribution in [2.24, 2.45) is 0 Å². The third-order valence-corrected chi connectivity index (χ3v) is 6.02. The molecule has 1 N–H and O–H groups in total. The number of nitrogens with zero attached hydrogens (tertiary/aromatic N) is 2. The molecule has 4 heteroatoms. The van der Waals surface area contributed by atoms with Crippen molar-refractivity contribution in [3.05, 3.63) is 78.0 Å². The molecule has 1 atom stereocenters. The molecule has 27 heavy (non-hydrogen) atoms. The van der Waals surface area contributed by atoms with E-state index < -0.39 is 5.66 Å². The van der Waals surface area contributed by atoms with Crippen molar-refractivity contribution in [1.82, 2.24) is 10.3 Å². The second kappa shape index (κ2) is 5.43. The summed E-state index contributed by atoms with van der Waals surface area (Å²) >= 11 is 0. The zero-order chi connectivity index (χ0) is 18.6. The highest BCUT2D eigenvalue weighted by atomic mass is 16.2. The Bertz CT molecular complexity index is 1100. The first-order valence-corrected chi connectivity index (χ1v) is 9.23. The number of para-hydroxylation sites is 1. The van der Waals surface area contributed by atoms with Crippen LogP contribution in [0.15, 0.2) is 66.9 Å². The minimum absolute atomic E-state index is 0.0601. The molecule has 134 valence electrons. The highest BCUT2D eigenvalue weighted by Crippen LogP contribution is 2.52. The Morgan fingerprint density at radius 3 is 2.85 bits per heavy atom. The number of pyridine rings is 1. The van der Waals surface area contributed by atoms with Gasteiger partial charge in [-0.15, -0.1) is 0 Å². The molecule has 0 bridgehead atoms. The molecule has 3 heterocycles. The van der Waals surface area contributed by atoms with Gasteiger partial charge < -0.3 is 10.2 Å². The Labute approximate surface area is 158 Å². The number of hydrogen-bond acceptors (Lipinski definition) is 3. The lowest BCUT2D eigenvalue weighted by Gasteiger charge is -2.40. The smallest absolute Gasteiger partial charge is 0.241 e. The van der Waals surface area contributed by atoms with E-state index in [1.807, 2.05) is 18.2 Å². The number of benzene rings is 2. The number of carbonyl (C=O) groups excluding carboxylic acids is 1. The quantitative estimate of drug-likeness (QED) is 0.759. The van der Waals surface area contributed by atoms with Crippen LogP contribution in [0.4, 0.5) is 5.69 Å². The van der Waals surface area contributed by atoms with Crippen LogP contribution >= 0.6 is 0 Å². The number of aromatic nitrogens is 1. The standard InChI is InChI=1S/C23H21N3O/c1-22(2)18-7-3-4-8-20(18)26-15-21(27)25-23(22,26)12-11-16-9-10-19-17(14-16)6-5-13-24-19/h3-14H,15H2,1-2H3,(H,25,27)/b12-11+. The van der Waals surface area contributed by atoms with Gasteiger partial charge in [0.15, 0.2) is 0 Å². The van der Waals surface area contributed by atoms with Crippen LogP contribution in [0.3, 0.4) is 0 Å². The predicted octanol–water partition coefficient (Wildman–Crippen LogP) is 3.87. The van der Waals surface area contributed by atoms with Crippen LogP contribution in [-0.4, -0.2) is 23.1 Å². The molecular formula is C23H21N3O. The van der Waals surface area contributed by atoms with Crippen LogP contribution in [0, 0.1) is 0 Å². The Morgan fingerprint density at radius 2 is 1.96 bits per heavy atom. The monoisotopic (exact) mass is 355 g/mol. The SMILES string of the molecule is CC1(C)c2ccccc2N2CC(=O)NC21/C=C/c1ccc2ncccc2c1. The third kappa shape index (κ3) is 2.16. The highest BCUT2D eigenvalue weighted by molar-refractivity contribution is 5.92. The van der Waals surface area contributed by atoms with Gasteiger partial charge in [0.1, 0.15) is 5.66 Å². The maximum Gasteiger partial charge on any atom is 0.241 e. The summed E-state index contributed by atoms with van der Waals surface area (Å²) < 4.78 is 0. The Balaban J connectivity index is 1.61. The van der Waals surface area contributed by atoms with E-state index in [-0.39, 0.29) is 11.3 Å². The van der Waals surface area contributed by atoms with Crippen molar-refractivity contribution < 1.29 is 4.79 Å². The molecule has 0 saturated carbocycles. The van der Waals surface area contributed by atoms with Gasteiger partial charge in [0.25, 0.3) is 0 Å². The van der Waals surface area contributed by atoms with Crippen LogP contribution in [0.25, 0.3) is 17.0 Å². The van der Waals surface area contributed by atoms with Gasteiger partial charge in [0.05, 0.1) is 12.1 Å². The van der Waals surface area contributed by atoms with Gasteiger partial charge in [0.2, 0.25) is 5.91 Å². The number of fused-ring (bicyclic) bond motifs is 4. The van der Waals surface area contributed by atoms with Crippen molar-refractivity contribution in [3.8, 4) is 0 Å². The zero-order valence-corrected chi connectivity index (χ0v) is 15.4. The number of amides is 1. The summed E-state index contributed by atoms with van der Waals surface area (Å²) in [5, 5.41) is 4.37. The molecule has 1 fully saturated rings. The Hall–Kier alpha value is -3.14. The van der Waals surface area contributed by atoms with E-state index in [9.17, 15) is 4.79 Å². The Kier molecular flexibility index (Phi) is 3.23. The second-order valence-corrected chi connectivity index (χ2v) is 7.83. The topological polar surface area (TPSA) is 45.2 Å². The van der Waals surface area contributed by atoms with Crippen molar-refractivity contribution >= 4 is 28.6 Å². The average Bonchev–Trinajstić information content (AvgIpc) is 3.11. The first-order valence-electron chi connectivity index (χ1n) is 9.23. The minimum Gasteiger partial charge on any atom is -0.335 e. The molecule has 0 spiro atoms. The van der Waals surface area contributed by atoms with Gasteiger partial charge in [-0.25, -0.2) is 0 Å². The van der Waals surface area contributed by atoms with E-state index in [4.69, 9.17) is 0 Å². The summed E-state index contributed by atoms with van der Waals surface area (Å²) in [5.74, 6) is 0.0601. The maximum absolute atomic E-state index is 12.4. The first-order chi connectivity index (χ1) is 13.0. The first kappa shape index (κ1) is 16.1. The normalized spacial score (nSPS) is 22.9. The third-order valence-electron chi connectivity index (χ3n) is 6.02. The van der Waals surface area contributed by atoms with E-state index in [0.29, 0.717) is 6.54 Å². The van der Waals surface area contributed by atoms with Gasteiger partial charge in [-0.1, -0.05) is 50.3 Å². The van der Waals surface area contributed by atoms with Crippen molar-refractivity contribution in [3.63, 3.8) is 0 Å². The van der Waals surface area contributed by atoms with Gasteiger partial charge >= 0.3 is 0 Å². The zero-order valence-electron chi connectivity index (χ0n) is 15.4. The second-order valence-electron chi connectivity index (χ2n) is 7.83. The van der Waals surface area contributed by atoms with E-state index in [2.05, 4.69) is 77.6 Å². The van der Waals surface area contributed by atoms with Gasteiger partial charge in [-0.05, 0) is 41.5 Å². The fraction of sp³-hybridized carbons (Fsp3) is 0.217. The lowest BCUT2D eigenvalue weighted by Crippen LogP contribution is -2.58. The summed E-state index contributed by atoms with van der Waals surface area (Å²) in [6, 6.07) is 18.6. The summed E-state index contributed by atoms with van der Waals surface area (Å²) in [6.07, 6.45) is 6.06. The van der Waals surface area contributed by atoms with E-state index in [1.165, 1.54) is 5.56 Å². The number of nitrogens with one attached hydrogen (secondary N) is 1. The molecule has 2 aliphatic rings. The number of rotatable bonds is 2. The average molecular weight is 355 g/mol. The molecule has 0 aliphatic carbocycles. The molecule has 1 amide bonds. The molecule has 2 aromatic carbocycles. The van der Waals surface area contributed by atoms with Gasteiger partial charge in [-0.2, -0.15) is 0 Å². The van der Waals surface area contributed by atoms with Crippen molar-refractivity contribution in [1.29, 1.82) is 0 Å². The molecule has 3 aromatic rings. The minimum atomic E-state index is -0.558. The molecule has 5 rings (SSSR count). The van der Waals surface area contributed by atoms with E-state index in [0.717, 1.165) is 22.2 Å². The maximum atomic E-state index is 12.4. The van der Waals surface area contributed by atoms with Crippen LogP contribution in [0.2, 0.25) is 0 Å². The fourth-order valence-corrected chi connectivity index (χ4v) is 4.55. The molecular weight excluding hydrogens is 334 g/mol. The van der Waals surface area contributed by atoms with Gasteiger partial charge in [0, 0.05) is 22.7 Å². The summed E-state index contributed by atoms with van der Waals surface area (Å²) in [5.41, 5.74) is 3.67. The van der Waals surface area contributed by atoms with Crippen molar-refractivity contribution in [2.45, 2.75) is 24.9 Å². The molecule has 1 unspecified atom stereocenters. The predicted molar refractivity (Wildman–Crippen MR) is 108 cm³/mol. The summed E-state index contributed by atoms with van der Waals surface area (Å²) in [6.45, 7) is 4.78. The van der Waals surface area contributed by atoms with E-state index >= 15 is 0 Å². The van der Waals surface area contributed by atoms with Gasteiger partial charge in [-0.3, -0.25) is 9.78 Å². The molecule has 4 nitrogen and oxygen atoms in total. The lowest BCUT2D eigenvalue weighted by atomic mass is 9.75.